The Morgan fingerprint density at radius 2 is 2.29 bits per heavy atom. The van der Waals surface area contributed by atoms with E-state index in [1.807, 2.05) is 25.4 Å². The molecular formula is C9H11N5. The van der Waals surface area contributed by atoms with E-state index in [-0.39, 0.29) is 0 Å². The predicted molar refractivity (Wildman–Crippen MR) is 55.1 cm³/mol. The molecule has 0 aromatic carbocycles. The molecule has 5 nitrogen and oxygen atoms in total. The number of nitrogens with two attached hydrogens (primary N) is 1. The van der Waals surface area contributed by atoms with Crippen LogP contribution in [0.3, 0.4) is 0 Å². The molecule has 3 N–H and O–H groups in total. The van der Waals surface area contributed by atoms with E-state index in [0.29, 0.717) is 5.69 Å². The lowest BCUT2D eigenvalue weighted by atomic mass is 10.3. The minimum absolute atomic E-state index is 0.609. The predicted octanol–water partition coefficient (Wildman–Crippen LogP) is 1.14. The van der Waals surface area contributed by atoms with Crippen LogP contribution >= 0.6 is 0 Å². The standard InChI is InChI=1S/C9H11N5/c1-14-5-3-9(13-14)12-8-2-4-11-6-7(8)10/h2-6H,10H2,1H3,(H,11,12,13). The maximum Gasteiger partial charge on any atom is 0.152 e. The molecule has 0 aliphatic carbocycles. The fraction of sp³-hybridized carbons (Fsp3) is 0.111. The van der Waals surface area contributed by atoms with E-state index >= 15 is 0 Å². The number of nitrogens with one attached hydrogen (secondary N) is 1. The van der Waals surface area contributed by atoms with Gasteiger partial charge in [-0.2, -0.15) is 5.10 Å². The summed E-state index contributed by atoms with van der Waals surface area (Å²) >= 11 is 0. The van der Waals surface area contributed by atoms with Crippen molar-refractivity contribution in [3.63, 3.8) is 0 Å². The maximum atomic E-state index is 5.72. The number of aryl methyl sites for hydroxylation is 1. The molecule has 72 valence electrons. The zero-order valence-corrected chi connectivity index (χ0v) is 7.81. The summed E-state index contributed by atoms with van der Waals surface area (Å²) in [6.45, 7) is 0. The second-order valence-corrected chi connectivity index (χ2v) is 2.96. The average molecular weight is 189 g/mol. The van der Waals surface area contributed by atoms with Crippen molar-refractivity contribution in [2.24, 2.45) is 7.05 Å². The van der Waals surface area contributed by atoms with Gasteiger partial charge in [-0.1, -0.05) is 0 Å². The van der Waals surface area contributed by atoms with Gasteiger partial charge in [0.15, 0.2) is 5.82 Å². The van der Waals surface area contributed by atoms with Gasteiger partial charge in [-0.15, -0.1) is 0 Å². The minimum Gasteiger partial charge on any atom is -0.396 e. The first kappa shape index (κ1) is 8.55. The highest BCUT2D eigenvalue weighted by molar-refractivity contribution is 5.69. The first-order chi connectivity index (χ1) is 6.75. The summed E-state index contributed by atoms with van der Waals surface area (Å²) in [7, 11) is 1.86. The molecule has 14 heavy (non-hydrogen) atoms. The van der Waals surface area contributed by atoms with Crippen molar-refractivity contribution in [3.05, 3.63) is 30.7 Å². The number of pyridine rings is 1. The molecule has 2 heterocycles. The monoisotopic (exact) mass is 189 g/mol. The summed E-state index contributed by atoms with van der Waals surface area (Å²) in [6, 6.07) is 3.68. The zero-order chi connectivity index (χ0) is 9.97. The highest BCUT2D eigenvalue weighted by Gasteiger charge is 2.00. The molecule has 2 aromatic heterocycles. The molecule has 0 aliphatic rings. The lowest BCUT2D eigenvalue weighted by Gasteiger charge is -2.04. The Labute approximate surface area is 81.6 Å². The summed E-state index contributed by atoms with van der Waals surface area (Å²) in [5, 5.41) is 7.27. The largest absolute Gasteiger partial charge is 0.396 e. The van der Waals surface area contributed by atoms with Gasteiger partial charge in [-0.05, 0) is 6.07 Å². The van der Waals surface area contributed by atoms with Crippen LogP contribution in [0.1, 0.15) is 0 Å². The molecular weight excluding hydrogens is 178 g/mol. The van der Waals surface area contributed by atoms with Gasteiger partial charge in [0.25, 0.3) is 0 Å². The van der Waals surface area contributed by atoms with E-state index in [1.165, 1.54) is 0 Å². The number of anilines is 3. The molecule has 0 radical (unpaired) electrons. The third kappa shape index (κ3) is 1.66. The molecule has 0 amide bonds. The lowest BCUT2D eigenvalue weighted by molar-refractivity contribution is 0.771. The van der Waals surface area contributed by atoms with Crippen molar-refractivity contribution in [1.29, 1.82) is 0 Å². The van der Waals surface area contributed by atoms with Crippen LogP contribution < -0.4 is 11.1 Å². The van der Waals surface area contributed by atoms with Crippen LogP contribution in [0.15, 0.2) is 30.7 Å². The second-order valence-electron chi connectivity index (χ2n) is 2.96. The summed E-state index contributed by atoms with van der Waals surface area (Å²) in [5.74, 6) is 0.769. The number of rotatable bonds is 2. The SMILES string of the molecule is Cn1ccc(Nc2ccncc2N)n1. The van der Waals surface area contributed by atoms with Gasteiger partial charge in [0.2, 0.25) is 0 Å². The van der Waals surface area contributed by atoms with E-state index in [4.69, 9.17) is 5.73 Å². The average Bonchev–Trinajstić information content (AvgIpc) is 2.56. The Bertz CT molecular complexity index is 434. The third-order valence-corrected chi connectivity index (χ3v) is 1.83. The van der Waals surface area contributed by atoms with Crippen LogP contribution in [0.25, 0.3) is 0 Å². The van der Waals surface area contributed by atoms with Crippen LogP contribution in [0, 0.1) is 0 Å². The topological polar surface area (TPSA) is 68.8 Å². The Balaban J connectivity index is 2.23. The molecule has 0 fully saturated rings. The first-order valence-corrected chi connectivity index (χ1v) is 4.22. The van der Waals surface area contributed by atoms with Crippen LogP contribution in [-0.4, -0.2) is 14.8 Å². The van der Waals surface area contributed by atoms with Gasteiger partial charge < -0.3 is 11.1 Å². The second kappa shape index (κ2) is 3.37. The van der Waals surface area contributed by atoms with E-state index in [9.17, 15) is 0 Å². The Morgan fingerprint density at radius 3 is 2.93 bits per heavy atom. The van der Waals surface area contributed by atoms with Gasteiger partial charge >= 0.3 is 0 Å². The lowest BCUT2D eigenvalue weighted by Crippen LogP contribution is -1.98. The van der Waals surface area contributed by atoms with Gasteiger partial charge in [-0.3, -0.25) is 9.67 Å². The van der Waals surface area contributed by atoms with Gasteiger partial charge in [0, 0.05) is 25.5 Å². The van der Waals surface area contributed by atoms with Crippen molar-refractivity contribution in [1.82, 2.24) is 14.8 Å². The van der Waals surface area contributed by atoms with Crippen LogP contribution in [0.2, 0.25) is 0 Å². The van der Waals surface area contributed by atoms with E-state index in [2.05, 4.69) is 15.4 Å². The highest BCUT2D eigenvalue weighted by atomic mass is 15.3. The number of nitrogen functional groups attached to an aromatic ring is 1. The van der Waals surface area contributed by atoms with Crippen molar-refractivity contribution in [3.8, 4) is 0 Å². The summed E-state index contributed by atoms with van der Waals surface area (Å²) in [6.07, 6.45) is 5.15. The Morgan fingerprint density at radius 1 is 1.43 bits per heavy atom. The number of hydrogen-bond donors (Lipinski definition) is 2. The van der Waals surface area contributed by atoms with E-state index < -0.39 is 0 Å². The molecule has 0 saturated carbocycles. The maximum absolute atomic E-state index is 5.72. The fourth-order valence-corrected chi connectivity index (χ4v) is 1.14. The Kier molecular flexibility index (Phi) is 2.06. The summed E-state index contributed by atoms with van der Waals surface area (Å²) in [5.41, 5.74) is 7.14. The quantitative estimate of drug-likeness (QED) is 0.743. The van der Waals surface area contributed by atoms with Crippen LogP contribution in [-0.2, 0) is 7.05 Å². The third-order valence-electron chi connectivity index (χ3n) is 1.83. The van der Waals surface area contributed by atoms with Crippen molar-refractivity contribution >= 4 is 17.2 Å². The number of hydrogen-bond acceptors (Lipinski definition) is 4. The van der Waals surface area contributed by atoms with Crippen molar-refractivity contribution in [2.75, 3.05) is 11.1 Å². The molecule has 0 unspecified atom stereocenters. The molecule has 0 bridgehead atoms. The smallest absolute Gasteiger partial charge is 0.152 e. The van der Waals surface area contributed by atoms with Crippen LogP contribution in [0.5, 0.6) is 0 Å². The molecule has 5 heteroatoms. The van der Waals surface area contributed by atoms with E-state index in [1.54, 1.807) is 17.1 Å². The molecule has 2 rings (SSSR count). The fourth-order valence-electron chi connectivity index (χ4n) is 1.14. The molecule has 0 aliphatic heterocycles. The van der Waals surface area contributed by atoms with Gasteiger partial charge in [0.1, 0.15) is 0 Å². The van der Waals surface area contributed by atoms with Gasteiger partial charge in [0.05, 0.1) is 17.6 Å². The first-order valence-electron chi connectivity index (χ1n) is 4.22. The summed E-state index contributed by atoms with van der Waals surface area (Å²) in [4.78, 5) is 3.90. The van der Waals surface area contributed by atoms with Crippen molar-refractivity contribution < 1.29 is 0 Å². The van der Waals surface area contributed by atoms with Gasteiger partial charge in [-0.25, -0.2) is 0 Å². The van der Waals surface area contributed by atoms with Crippen molar-refractivity contribution in [2.45, 2.75) is 0 Å². The molecule has 0 saturated heterocycles. The Hall–Kier alpha value is -2.04. The van der Waals surface area contributed by atoms with Crippen LogP contribution in [0.4, 0.5) is 17.2 Å². The minimum atomic E-state index is 0.609. The summed E-state index contributed by atoms with van der Waals surface area (Å²) < 4.78 is 1.72. The van der Waals surface area contributed by atoms with E-state index in [0.717, 1.165) is 11.5 Å². The molecule has 0 spiro atoms. The number of aromatic nitrogens is 3. The molecule has 2 aromatic rings. The number of nitrogens with zero attached hydrogens (tertiary/aromatic N) is 3. The normalized spacial score (nSPS) is 10.1. The molecule has 0 atom stereocenters. The zero-order valence-electron chi connectivity index (χ0n) is 7.81. The highest BCUT2D eigenvalue weighted by Crippen LogP contribution is 2.19.